The number of likely N-dealkylation sites (tertiary alicyclic amines) is 1. The molecule has 3 aromatic rings. The molecule has 0 bridgehead atoms. The van der Waals surface area contributed by atoms with E-state index in [9.17, 15) is 19.2 Å². The largest absolute Gasteiger partial charge is 0.329 e. The Morgan fingerprint density at radius 3 is 2.76 bits per heavy atom. The highest BCUT2D eigenvalue weighted by Crippen LogP contribution is 2.32. The molecule has 4 amide bonds. The number of aryl methyl sites for hydroxylation is 1. The third-order valence-electron chi connectivity index (χ3n) is 7.25. The van der Waals surface area contributed by atoms with Crippen molar-refractivity contribution < 1.29 is 19.2 Å². The van der Waals surface area contributed by atoms with Crippen LogP contribution in [0.15, 0.2) is 42.6 Å². The maximum Gasteiger partial charge on any atom is 0.276 e. The smallest absolute Gasteiger partial charge is 0.276 e. The van der Waals surface area contributed by atoms with Crippen molar-refractivity contribution in [3.63, 3.8) is 0 Å². The van der Waals surface area contributed by atoms with E-state index in [0.717, 1.165) is 29.8 Å². The second-order valence-electron chi connectivity index (χ2n) is 9.65. The maximum absolute atomic E-state index is 13.3. The third-order valence-corrected chi connectivity index (χ3v) is 7.25. The Morgan fingerprint density at radius 1 is 1.08 bits per heavy atom. The van der Waals surface area contributed by atoms with E-state index >= 15 is 0 Å². The summed E-state index contributed by atoms with van der Waals surface area (Å²) in [5.74, 6) is -1.20. The fraction of sp³-hybridized carbons (Fsp3) is 0.346. The highest BCUT2D eigenvalue weighted by atomic mass is 16.2. The van der Waals surface area contributed by atoms with Gasteiger partial charge in [0.1, 0.15) is 6.04 Å². The zero-order valence-electron chi connectivity index (χ0n) is 20.3. The number of aromatic nitrogens is 4. The SMILES string of the molecule is Cc1cccc(C2CCCN2C(=O)c2cn(-c3ccc4c(c3)CN(C3CCC(=O)NC3=O)C4=O)nn2)n1. The molecule has 2 unspecified atom stereocenters. The second-order valence-corrected chi connectivity index (χ2v) is 9.65. The van der Waals surface area contributed by atoms with Crippen molar-refractivity contribution in [3.8, 4) is 5.69 Å². The molecule has 0 saturated carbocycles. The number of imide groups is 1. The molecule has 1 N–H and O–H groups in total. The molecular weight excluding hydrogens is 474 g/mol. The van der Waals surface area contributed by atoms with Crippen molar-refractivity contribution in [2.24, 2.45) is 0 Å². The molecule has 11 nitrogen and oxygen atoms in total. The minimum atomic E-state index is -0.673. The van der Waals surface area contributed by atoms with E-state index in [-0.39, 0.29) is 42.4 Å². The minimum Gasteiger partial charge on any atom is -0.329 e. The summed E-state index contributed by atoms with van der Waals surface area (Å²) < 4.78 is 1.52. The molecular formula is C26H25N7O4. The van der Waals surface area contributed by atoms with E-state index in [4.69, 9.17) is 0 Å². The summed E-state index contributed by atoms with van der Waals surface area (Å²) in [7, 11) is 0. The van der Waals surface area contributed by atoms with Crippen LogP contribution in [-0.2, 0) is 16.1 Å². The first-order valence-corrected chi connectivity index (χ1v) is 12.3. The molecule has 2 aromatic heterocycles. The van der Waals surface area contributed by atoms with Gasteiger partial charge in [-0.05, 0) is 62.1 Å². The van der Waals surface area contributed by atoms with Gasteiger partial charge in [-0.25, -0.2) is 4.68 Å². The van der Waals surface area contributed by atoms with Crippen molar-refractivity contribution in [1.82, 2.24) is 35.1 Å². The van der Waals surface area contributed by atoms with Crippen molar-refractivity contribution in [3.05, 3.63) is 70.8 Å². The van der Waals surface area contributed by atoms with Gasteiger partial charge in [0.05, 0.1) is 23.6 Å². The number of carbonyl (C=O) groups excluding carboxylic acids is 4. The monoisotopic (exact) mass is 499 g/mol. The average molecular weight is 500 g/mol. The standard InChI is InChI=1S/C26H25N7O4/c1-15-4-2-5-19(27-15)21-6-3-11-31(21)26(37)20-14-33(30-29-20)17-7-8-18-16(12-17)13-32(25(18)36)22-9-10-23(34)28-24(22)35/h2,4-5,7-8,12,14,21-22H,3,6,9-11,13H2,1H3,(H,28,34,35). The zero-order chi connectivity index (χ0) is 25.7. The number of hydrogen-bond acceptors (Lipinski definition) is 7. The number of piperidine rings is 1. The van der Waals surface area contributed by atoms with Crippen molar-refractivity contribution in [1.29, 1.82) is 0 Å². The van der Waals surface area contributed by atoms with Crippen molar-refractivity contribution >= 4 is 23.6 Å². The normalized spacial score (nSPS) is 21.4. The molecule has 1 aromatic carbocycles. The fourth-order valence-electron chi connectivity index (χ4n) is 5.41. The van der Waals surface area contributed by atoms with Crippen LogP contribution in [0.2, 0.25) is 0 Å². The summed E-state index contributed by atoms with van der Waals surface area (Å²) in [6, 6.07) is 10.3. The number of nitrogens with zero attached hydrogens (tertiary/aromatic N) is 6. The molecule has 188 valence electrons. The van der Waals surface area contributed by atoms with Gasteiger partial charge in [0.25, 0.3) is 11.8 Å². The van der Waals surface area contributed by atoms with Gasteiger partial charge in [-0.15, -0.1) is 5.10 Å². The Balaban J connectivity index is 1.21. The molecule has 0 aliphatic carbocycles. The van der Waals surface area contributed by atoms with Gasteiger partial charge in [0.2, 0.25) is 11.8 Å². The quantitative estimate of drug-likeness (QED) is 0.541. The summed E-state index contributed by atoms with van der Waals surface area (Å²) in [6.07, 6.45) is 3.84. The van der Waals surface area contributed by atoms with Crippen LogP contribution in [-0.4, -0.2) is 66.0 Å². The number of carbonyl (C=O) groups is 4. The van der Waals surface area contributed by atoms with Crippen LogP contribution in [0.4, 0.5) is 0 Å². The van der Waals surface area contributed by atoms with E-state index in [1.54, 1.807) is 23.2 Å². The van der Waals surface area contributed by atoms with Crippen LogP contribution in [0.5, 0.6) is 0 Å². The summed E-state index contributed by atoms with van der Waals surface area (Å²) in [4.78, 5) is 58.0. The summed E-state index contributed by atoms with van der Waals surface area (Å²) in [6.45, 7) is 2.82. The zero-order valence-corrected chi connectivity index (χ0v) is 20.3. The lowest BCUT2D eigenvalue weighted by Gasteiger charge is -2.29. The third kappa shape index (κ3) is 4.05. The van der Waals surface area contributed by atoms with Crippen LogP contribution < -0.4 is 5.32 Å². The van der Waals surface area contributed by atoms with Gasteiger partial charge < -0.3 is 9.80 Å². The van der Waals surface area contributed by atoms with E-state index in [0.29, 0.717) is 24.2 Å². The fourth-order valence-corrected chi connectivity index (χ4v) is 5.41. The number of nitrogens with one attached hydrogen (secondary N) is 1. The Labute approximate surface area is 212 Å². The topological polar surface area (TPSA) is 130 Å². The van der Waals surface area contributed by atoms with Gasteiger partial charge in [-0.2, -0.15) is 0 Å². The highest BCUT2D eigenvalue weighted by Gasteiger charge is 2.39. The Morgan fingerprint density at radius 2 is 1.95 bits per heavy atom. The van der Waals surface area contributed by atoms with E-state index in [2.05, 4.69) is 20.6 Å². The van der Waals surface area contributed by atoms with Crippen molar-refractivity contribution in [2.75, 3.05) is 6.54 Å². The number of pyridine rings is 1. The predicted octanol–water partition coefficient (Wildman–Crippen LogP) is 1.71. The van der Waals surface area contributed by atoms with Crippen LogP contribution in [0.1, 0.15) is 69.5 Å². The van der Waals surface area contributed by atoms with E-state index < -0.39 is 11.9 Å². The van der Waals surface area contributed by atoms with E-state index in [1.807, 2.05) is 31.2 Å². The molecule has 37 heavy (non-hydrogen) atoms. The van der Waals surface area contributed by atoms with Crippen molar-refractivity contribution in [2.45, 2.75) is 51.2 Å². The summed E-state index contributed by atoms with van der Waals surface area (Å²) in [5.41, 5.74) is 3.94. The number of rotatable bonds is 4. The number of hydrogen-bond donors (Lipinski definition) is 1. The van der Waals surface area contributed by atoms with Gasteiger partial charge in [0, 0.05) is 30.8 Å². The minimum absolute atomic E-state index is 0.0955. The molecule has 5 heterocycles. The molecule has 3 aliphatic heterocycles. The average Bonchev–Trinajstić information content (AvgIpc) is 3.63. The summed E-state index contributed by atoms with van der Waals surface area (Å²) in [5, 5.41) is 10.6. The van der Waals surface area contributed by atoms with Gasteiger partial charge in [-0.1, -0.05) is 11.3 Å². The number of fused-ring (bicyclic) bond motifs is 1. The molecule has 0 radical (unpaired) electrons. The van der Waals surface area contributed by atoms with E-state index in [1.165, 1.54) is 9.58 Å². The molecule has 2 atom stereocenters. The van der Waals surface area contributed by atoms with Gasteiger partial charge in [-0.3, -0.25) is 29.5 Å². The molecule has 3 aliphatic rings. The second kappa shape index (κ2) is 8.91. The Kier molecular flexibility index (Phi) is 5.54. The molecule has 6 rings (SSSR count). The van der Waals surface area contributed by atoms with Gasteiger partial charge >= 0.3 is 0 Å². The van der Waals surface area contributed by atoms with Crippen LogP contribution in [0.25, 0.3) is 5.69 Å². The lowest BCUT2D eigenvalue weighted by molar-refractivity contribution is -0.136. The molecule has 2 saturated heterocycles. The maximum atomic E-state index is 13.3. The predicted molar refractivity (Wildman–Crippen MR) is 129 cm³/mol. The molecule has 0 spiro atoms. The number of benzene rings is 1. The molecule has 2 fully saturated rings. The first-order valence-electron chi connectivity index (χ1n) is 12.3. The highest BCUT2D eigenvalue weighted by molar-refractivity contribution is 6.05. The van der Waals surface area contributed by atoms with Gasteiger partial charge in [0.15, 0.2) is 5.69 Å². The van der Waals surface area contributed by atoms with Crippen LogP contribution in [0.3, 0.4) is 0 Å². The number of amides is 4. The Hall–Kier alpha value is -4.41. The lowest BCUT2D eigenvalue weighted by atomic mass is 10.0. The summed E-state index contributed by atoms with van der Waals surface area (Å²) >= 11 is 0. The molecule has 11 heteroatoms. The lowest BCUT2D eigenvalue weighted by Crippen LogP contribution is -2.52. The van der Waals surface area contributed by atoms with Crippen LogP contribution in [0, 0.1) is 6.92 Å². The van der Waals surface area contributed by atoms with Crippen LogP contribution >= 0.6 is 0 Å². The Bertz CT molecular complexity index is 1450. The first kappa shape index (κ1) is 23.0. The first-order chi connectivity index (χ1) is 17.9.